The Bertz CT molecular complexity index is 651. The molecule has 9 heteroatoms. The monoisotopic (exact) mass is 347 g/mol. The van der Waals surface area contributed by atoms with Gasteiger partial charge in [0.2, 0.25) is 10.0 Å². The van der Waals surface area contributed by atoms with E-state index in [2.05, 4.69) is 10.6 Å². The zero-order chi connectivity index (χ0) is 16.2. The summed E-state index contributed by atoms with van der Waals surface area (Å²) < 4.78 is 30.1. The second-order valence-corrected chi connectivity index (χ2v) is 7.20. The zero-order valence-corrected chi connectivity index (χ0v) is 13.7. The number of hydrogen-bond acceptors (Lipinski definition) is 4. The van der Waals surface area contributed by atoms with Crippen LogP contribution in [0.5, 0.6) is 0 Å². The molecule has 0 aromatic heterocycles. The van der Waals surface area contributed by atoms with Crippen molar-refractivity contribution in [3.8, 4) is 0 Å². The maximum atomic E-state index is 12.0. The predicted octanol–water partition coefficient (Wildman–Crippen LogP) is 1.65. The standard InChI is InChI=1S/C13H18ClN3O4S/c1-21-7-5-15-13(18)16-10-3-4-11(14)12(9-10)17-6-2-8-22(17,19)20/h3-4,9H,2,5-8H2,1H3,(H2,15,16,18). The third-order valence-corrected chi connectivity index (χ3v) is 5.34. The fourth-order valence-electron chi connectivity index (χ4n) is 2.13. The molecule has 1 saturated heterocycles. The molecule has 1 aliphatic heterocycles. The van der Waals surface area contributed by atoms with Gasteiger partial charge in [-0.25, -0.2) is 13.2 Å². The van der Waals surface area contributed by atoms with Crippen LogP contribution in [0.25, 0.3) is 0 Å². The van der Waals surface area contributed by atoms with E-state index in [1.165, 1.54) is 4.31 Å². The first-order valence-corrected chi connectivity index (χ1v) is 8.76. The van der Waals surface area contributed by atoms with Crippen molar-refractivity contribution < 1.29 is 17.9 Å². The van der Waals surface area contributed by atoms with Gasteiger partial charge >= 0.3 is 6.03 Å². The molecule has 0 aliphatic carbocycles. The van der Waals surface area contributed by atoms with E-state index in [0.717, 1.165) is 0 Å². The Labute approximate surface area is 134 Å². The number of hydrogen-bond donors (Lipinski definition) is 2. The third-order valence-electron chi connectivity index (χ3n) is 3.16. The minimum Gasteiger partial charge on any atom is -0.383 e. The number of ether oxygens (including phenoxy) is 1. The molecule has 1 heterocycles. The first-order chi connectivity index (χ1) is 10.4. The lowest BCUT2D eigenvalue weighted by molar-refractivity contribution is 0.198. The van der Waals surface area contributed by atoms with E-state index in [-0.39, 0.29) is 5.75 Å². The lowest BCUT2D eigenvalue weighted by Crippen LogP contribution is -2.31. The number of nitrogens with zero attached hydrogens (tertiary/aromatic N) is 1. The minimum atomic E-state index is -3.32. The molecule has 0 unspecified atom stereocenters. The van der Waals surface area contributed by atoms with E-state index >= 15 is 0 Å². The molecule has 0 saturated carbocycles. The highest BCUT2D eigenvalue weighted by molar-refractivity contribution is 7.93. The van der Waals surface area contributed by atoms with Gasteiger partial charge in [0, 0.05) is 25.9 Å². The van der Waals surface area contributed by atoms with Gasteiger partial charge in [-0.2, -0.15) is 0 Å². The van der Waals surface area contributed by atoms with Crippen molar-refractivity contribution in [2.45, 2.75) is 6.42 Å². The molecule has 122 valence electrons. The molecule has 1 aromatic carbocycles. The number of carbonyl (C=O) groups excluding carboxylic acids is 1. The van der Waals surface area contributed by atoms with Gasteiger partial charge in [-0.15, -0.1) is 0 Å². The van der Waals surface area contributed by atoms with Crippen LogP contribution < -0.4 is 14.9 Å². The Morgan fingerprint density at radius 3 is 2.86 bits per heavy atom. The van der Waals surface area contributed by atoms with E-state index < -0.39 is 16.1 Å². The van der Waals surface area contributed by atoms with E-state index in [4.69, 9.17) is 16.3 Å². The molecule has 22 heavy (non-hydrogen) atoms. The predicted molar refractivity (Wildman–Crippen MR) is 86.1 cm³/mol. The highest BCUT2D eigenvalue weighted by Gasteiger charge is 2.30. The largest absolute Gasteiger partial charge is 0.383 e. The summed E-state index contributed by atoms with van der Waals surface area (Å²) in [6.45, 7) is 1.18. The Morgan fingerprint density at radius 2 is 2.23 bits per heavy atom. The maximum Gasteiger partial charge on any atom is 0.319 e. The number of nitrogens with one attached hydrogen (secondary N) is 2. The number of amides is 2. The second kappa shape index (κ2) is 7.17. The van der Waals surface area contributed by atoms with Crippen LogP contribution in [0.4, 0.5) is 16.2 Å². The van der Waals surface area contributed by atoms with Gasteiger partial charge in [0.15, 0.2) is 0 Å². The SMILES string of the molecule is COCCNC(=O)Nc1ccc(Cl)c(N2CCCS2(=O)=O)c1. The molecule has 0 bridgehead atoms. The van der Waals surface area contributed by atoms with E-state index in [1.807, 2.05) is 0 Å². The van der Waals surface area contributed by atoms with Crippen molar-refractivity contribution >= 4 is 39.0 Å². The van der Waals surface area contributed by atoms with Crippen LogP contribution in [0, 0.1) is 0 Å². The molecule has 1 aromatic rings. The lowest BCUT2D eigenvalue weighted by atomic mass is 10.2. The molecule has 1 aliphatic rings. The number of rotatable bonds is 5. The molecular formula is C13H18ClN3O4S. The number of sulfonamides is 1. The average molecular weight is 348 g/mol. The summed E-state index contributed by atoms with van der Waals surface area (Å²) in [6, 6.07) is 4.34. The first-order valence-electron chi connectivity index (χ1n) is 6.78. The van der Waals surface area contributed by atoms with Crippen LogP contribution in [0.15, 0.2) is 18.2 Å². The van der Waals surface area contributed by atoms with Gasteiger partial charge in [0.05, 0.1) is 23.1 Å². The van der Waals surface area contributed by atoms with E-state index in [0.29, 0.717) is 42.5 Å². The van der Waals surface area contributed by atoms with Crippen molar-refractivity contribution in [1.82, 2.24) is 5.32 Å². The quantitative estimate of drug-likeness (QED) is 0.793. The van der Waals surface area contributed by atoms with Gasteiger partial charge in [-0.3, -0.25) is 4.31 Å². The van der Waals surface area contributed by atoms with Crippen LogP contribution in [0.2, 0.25) is 5.02 Å². The number of benzene rings is 1. The molecule has 0 radical (unpaired) electrons. The summed E-state index contributed by atoms with van der Waals surface area (Å²) in [7, 11) is -1.78. The number of carbonyl (C=O) groups is 1. The van der Waals surface area contributed by atoms with Crippen molar-refractivity contribution in [2.24, 2.45) is 0 Å². The molecule has 0 atom stereocenters. The van der Waals surface area contributed by atoms with Crippen LogP contribution in [-0.2, 0) is 14.8 Å². The highest BCUT2D eigenvalue weighted by atomic mass is 35.5. The first kappa shape index (κ1) is 16.9. The smallest absolute Gasteiger partial charge is 0.319 e. The fourth-order valence-corrected chi connectivity index (χ4v) is 3.98. The van der Waals surface area contributed by atoms with Crippen LogP contribution in [0.3, 0.4) is 0 Å². The third kappa shape index (κ3) is 4.02. The Morgan fingerprint density at radius 1 is 1.45 bits per heavy atom. The van der Waals surface area contributed by atoms with Gasteiger partial charge < -0.3 is 15.4 Å². The minimum absolute atomic E-state index is 0.110. The Balaban J connectivity index is 2.12. The summed E-state index contributed by atoms with van der Waals surface area (Å²) in [5, 5.41) is 5.58. The summed E-state index contributed by atoms with van der Waals surface area (Å²) >= 11 is 6.09. The van der Waals surface area contributed by atoms with Gasteiger partial charge in [0.25, 0.3) is 0 Å². The topological polar surface area (TPSA) is 87.7 Å². The number of halogens is 1. The van der Waals surface area contributed by atoms with Gasteiger partial charge in [0.1, 0.15) is 0 Å². The Hall–Kier alpha value is -1.51. The van der Waals surface area contributed by atoms with Gasteiger partial charge in [-0.05, 0) is 24.6 Å². The maximum absolute atomic E-state index is 12.0. The van der Waals surface area contributed by atoms with Crippen LogP contribution in [0.1, 0.15) is 6.42 Å². The van der Waals surface area contributed by atoms with E-state index in [9.17, 15) is 13.2 Å². The zero-order valence-electron chi connectivity index (χ0n) is 12.1. The van der Waals surface area contributed by atoms with Crippen molar-refractivity contribution in [2.75, 3.05) is 42.2 Å². The average Bonchev–Trinajstić information content (AvgIpc) is 2.81. The van der Waals surface area contributed by atoms with Crippen molar-refractivity contribution in [1.29, 1.82) is 0 Å². The normalized spacial score (nSPS) is 16.5. The summed E-state index contributed by atoms with van der Waals surface area (Å²) in [5.74, 6) is 0.110. The summed E-state index contributed by atoms with van der Waals surface area (Å²) in [4.78, 5) is 11.7. The number of urea groups is 1. The Kier molecular flexibility index (Phi) is 5.49. The van der Waals surface area contributed by atoms with E-state index in [1.54, 1.807) is 25.3 Å². The lowest BCUT2D eigenvalue weighted by Gasteiger charge is -2.19. The summed E-state index contributed by atoms with van der Waals surface area (Å²) in [6.07, 6.45) is 0.563. The summed E-state index contributed by atoms with van der Waals surface area (Å²) in [5.41, 5.74) is 0.852. The van der Waals surface area contributed by atoms with Crippen molar-refractivity contribution in [3.05, 3.63) is 23.2 Å². The molecule has 2 rings (SSSR count). The number of methoxy groups -OCH3 is 1. The molecule has 2 amide bonds. The van der Waals surface area contributed by atoms with Crippen LogP contribution >= 0.6 is 11.6 Å². The second-order valence-electron chi connectivity index (χ2n) is 4.78. The molecule has 1 fully saturated rings. The molecule has 2 N–H and O–H groups in total. The fraction of sp³-hybridized carbons (Fsp3) is 0.462. The highest BCUT2D eigenvalue weighted by Crippen LogP contribution is 2.33. The molecule has 7 nitrogen and oxygen atoms in total. The van der Waals surface area contributed by atoms with Gasteiger partial charge in [-0.1, -0.05) is 11.6 Å². The molecular weight excluding hydrogens is 330 g/mol. The van der Waals surface area contributed by atoms with Crippen LogP contribution in [-0.4, -0.2) is 47.0 Å². The number of anilines is 2. The van der Waals surface area contributed by atoms with Crippen molar-refractivity contribution in [3.63, 3.8) is 0 Å². The molecule has 0 spiro atoms.